The number of rotatable bonds is 4. The molecule has 1 atom stereocenters. The molecule has 1 unspecified atom stereocenters. The van der Waals surface area contributed by atoms with Gasteiger partial charge in [-0.3, -0.25) is 0 Å². The predicted octanol–water partition coefficient (Wildman–Crippen LogP) is 4.04. The maximum Gasteiger partial charge on any atom is 0.208 e. The fourth-order valence-corrected chi connectivity index (χ4v) is 2.51. The van der Waals surface area contributed by atoms with Gasteiger partial charge in [-0.25, -0.2) is 9.37 Å². The molecule has 0 aliphatic heterocycles. The van der Waals surface area contributed by atoms with Gasteiger partial charge in [0.2, 0.25) is 5.89 Å². The summed E-state index contributed by atoms with van der Waals surface area (Å²) in [7, 11) is 0. The van der Waals surface area contributed by atoms with Crippen LogP contribution in [-0.4, -0.2) is 4.98 Å². The predicted molar refractivity (Wildman–Crippen MR) is 75.3 cm³/mol. The topological polar surface area (TPSA) is 38.1 Å². The third kappa shape index (κ3) is 3.42. The van der Waals surface area contributed by atoms with Crippen molar-refractivity contribution in [2.75, 3.05) is 0 Å². The van der Waals surface area contributed by atoms with Gasteiger partial charge in [-0.05, 0) is 38.5 Å². The Bertz CT molecular complexity index is 563. The summed E-state index contributed by atoms with van der Waals surface area (Å²) >= 11 is 3.37. The van der Waals surface area contributed by atoms with Crippen molar-refractivity contribution in [3.05, 3.63) is 51.4 Å². The van der Waals surface area contributed by atoms with Crippen LogP contribution >= 0.6 is 15.9 Å². The number of nitrogens with one attached hydrogen (secondary N) is 1. The van der Waals surface area contributed by atoms with Crippen LogP contribution < -0.4 is 5.32 Å². The maximum atomic E-state index is 13.0. The number of aromatic nitrogens is 1. The first-order valence-corrected chi connectivity index (χ1v) is 6.88. The van der Waals surface area contributed by atoms with E-state index in [-0.39, 0.29) is 11.9 Å². The Labute approximate surface area is 120 Å². The maximum absolute atomic E-state index is 13.0. The molecule has 1 N–H and O–H groups in total. The van der Waals surface area contributed by atoms with Gasteiger partial charge < -0.3 is 9.73 Å². The average Bonchev–Trinajstić information content (AvgIpc) is 2.66. The molecule has 2 rings (SSSR count). The van der Waals surface area contributed by atoms with E-state index < -0.39 is 0 Å². The van der Waals surface area contributed by atoms with Crippen LogP contribution in [0, 0.1) is 19.7 Å². The highest BCUT2D eigenvalue weighted by molar-refractivity contribution is 9.10. The van der Waals surface area contributed by atoms with E-state index in [0.29, 0.717) is 12.4 Å². The minimum absolute atomic E-state index is 0.0717. The Kier molecular flexibility index (Phi) is 4.37. The summed E-state index contributed by atoms with van der Waals surface area (Å²) in [5, 5.41) is 3.31. The molecule has 0 amide bonds. The summed E-state index contributed by atoms with van der Waals surface area (Å²) in [6.45, 7) is 6.37. The normalized spacial score (nSPS) is 12.7. The molecule has 1 aromatic carbocycles. The van der Waals surface area contributed by atoms with E-state index in [0.717, 1.165) is 21.5 Å². The zero-order valence-electron chi connectivity index (χ0n) is 11.1. The lowest BCUT2D eigenvalue weighted by Gasteiger charge is -2.14. The van der Waals surface area contributed by atoms with E-state index in [1.54, 1.807) is 6.07 Å². The number of hydrogen-bond acceptors (Lipinski definition) is 3. The Morgan fingerprint density at radius 2 is 2.16 bits per heavy atom. The van der Waals surface area contributed by atoms with Crippen LogP contribution in [0.3, 0.4) is 0 Å². The first-order valence-electron chi connectivity index (χ1n) is 6.08. The van der Waals surface area contributed by atoms with Crippen molar-refractivity contribution in [1.82, 2.24) is 10.3 Å². The molecule has 0 bridgehead atoms. The highest BCUT2D eigenvalue weighted by atomic mass is 79.9. The second-order valence-corrected chi connectivity index (χ2v) is 5.37. The Morgan fingerprint density at radius 1 is 1.42 bits per heavy atom. The van der Waals surface area contributed by atoms with E-state index in [1.165, 1.54) is 12.1 Å². The van der Waals surface area contributed by atoms with Crippen molar-refractivity contribution in [3.8, 4) is 0 Å². The smallest absolute Gasteiger partial charge is 0.208 e. The Morgan fingerprint density at radius 3 is 2.74 bits per heavy atom. The van der Waals surface area contributed by atoms with E-state index >= 15 is 0 Å². The Balaban J connectivity index is 2.03. The minimum Gasteiger partial charge on any atom is -0.444 e. The van der Waals surface area contributed by atoms with Gasteiger partial charge in [-0.15, -0.1) is 0 Å². The molecule has 0 aliphatic carbocycles. The van der Waals surface area contributed by atoms with Gasteiger partial charge in [-0.2, -0.15) is 0 Å². The molecular formula is C14H16BrFN2O. The van der Waals surface area contributed by atoms with E-state index in [4.69, 9.17) is 4.42 Å². The standard InChI is InChI=1S/C14H16BrFN2O/c1-8-10(3)19-14(18-8)7-17-9(2)12-5-4-11(16)6-13(12)15/h4-6,9,17H,7H2,1-3H3. The van der Waals surface area contributed by atoms with Gasteiger partial charge in [0.15, 0.2) is 0 Å². The summed E-state index contributed by atoms with van der Waals surface area (Å²) in [6.07, 6.45) is 0. The van der Waals surface area contributed by atoms with E-state index in [1.807, 2.05) is 20.8 Å². The van der Waals surface area contributed by atoms with Gasteiger partial charge in [0.1, 0.15) is 11.6 Å². The molecule has 0 aliphatic rings. The molecule has 0 radical (unpaired) electrons. The lowest BCUT2D eigenvalue weighted by molar-refractivity contribution is 0.431. The minimum atomic E-state index is -0.248. The van der Waals surface area contributed by atoms with Crippen LogP contribution in [-0.2, 0) is 6.54 Å². The highest BCUT2D eigenvalue weighted by Gasteiger charge is 2.12. The lowest BCUT2D eigenvalue weighted by Crippen LogP contribution is -2.18. The molecule has 102 valence electrons. The monoisotopic (exact) mass is 326 g/mol. The molecule has 1 heterocycles. The molecule has 3 nitrogen and oxygen atoms in total. The SMILES string of the molecule is Cc1nc(CNC(C)c2ccc(F)cc2Br)oc1C. The molecule has 1 aromatic heterocycles. The highest BCUT2D eigenvalue weighted by Crippen LogP contribution is 2.24. The summed E-state index contributed by atoms with van der Waals surface area (Å²) in [6, 6.07) is 4.76. The van der Waals surface area contributed by atoms with Gasteiger partial charge in [0.05, 0.1) is 12.2 Å². The molecule has 2 aromatic rings. The first kappa shape index (κ1) is 14.2. The molecule has 0 fully saturated rings. The van der Waals surface area contributed by atoms with Crippen LogP contribution in [0.2, 0.25) is 0 Å². The second-order valence-electron chi connectivity index (χ2n) is 4.52. The van der Waals surface area contributed by atoms with Crippen LogP contribution in [0.4, 0.5) is 4.39 Å². The molecule has 0 saturated carbocycles. The zero-order chi connectivity index (χ0) is 14.0. The van der Waals surface area contributed by atoms with Crippen LogP contribution in [0.25, 0.3) is 0 Å². The third-order valence-electron chi connectivity index (χ3n) is 3.06. The fraction of sp³-hybridized carbons (Fsp3) is 0.357. The van der Waals surface area contributed by atoms with Crippen LogP contribution in [0.1, 0.15) is 35.9 Å². The quantitative estimate of drug-likeness (QED) is 0.921. The largest absolute Gasteiger partial charge is 0.444 e. The zero-order valence-corrected chi connectivity index (χ0v) is 12.7. The second kappa shape index (κ2) is 5.84. The summed E-state index contributed by atoms with van der Waals surface area (Å²) in [5.74, 6) is 1.26. The summed E-state index contributed by atoms with van der Waals surface area (Å²) < 4.78 is 19.3. The van der Waals surface area contributed by atoms with Gasteiger partial charge in [-0.1, -0.05) is 22.0 Å². The van der Waals surface area contributed by atoms with Crippen LogP contribution in [0.15, 0.2) is 27.1 Å². The van der Waals surface area contributed by atoms with Crippen molar-refractivity contribution in [2.24, 2.45) is 0 Å². The average molecular weight is 327 g/mol. The molecular weight excluding hydrogens is 311 g/mol. The number of oxazole rings is 1. The number of hydrogen-bond donors (Lipinski definition) is 1. The fourth-order valence-electron chi connectivity index (χ4n) is 1.82. The van der Waals surface area contributed by atoms with Crippen molar-refractivity contribution in [3.63, 3.8) is 0 Å². The number of nitrogens with zero attached hydrogens (tertiary/aromatic N) is 1. The molecule has 19 heavy (non-hydrogen) atoms. The third-order valence-corrected chi connectivity index (χ3v) is 3.75. The molecule has 0 saturated heterocycles. The summed E-state index contributed by atoms with van der Waals surface area (Å²) in [4.78, 5) is 4.31. The molecule has 0 spiro atoms. The van der Waals surface area contributed by atoms with Crippen molar-refractivity contribution in [2.45, 2.75) is 33.4 Å². The van der Waals surface area contributed by atoms with Gasteiger partial charge >= 0.3 is 0 Å². The van der Waals surface area contributed by atoms with Gasteiger partial charge in [0.25, 0.3) is 0 Å². The number of halogens is 2. The first-order chi connectivity index (χ1) is 8.97. The number of benzene rings is 1. The summed E-state index contributed by atoms with van der Waals surface area (Å²) in [5.41, 5.74) is 1.91. The van der Waals surface area contributed by atoms with E-state index in [9.17, 15) is 4.39 Å². The van der Waals surface area contributed by atoms with Crippen molar-refractivity contribution >= 4 is 15.9 Å². The molecule has 5 heteroatoms. The van der Waals surface area contributed by atoms with Crippen molar-refractivity contribution < 1.29 is 8.81 Å². The van der Waals surface area contributed by atoms with Crippen molar-refractivity contribution in [1.29, 1.82) is 0 Å². The van der Waals surface area contributed by atoms with Gasteiger partial charge in [0, 0.05) is 10.5 Å². The van der Waals surface area contributed by atoms with Crippen LogP contribution in [0.5, 0.6) is 0 Å². The Hall–Kier alpha value is -1.20. The lowest BCUT2D eigenvalue weighted by atomic mass is 10.1. The van der Waals surface area contributed by atoms with E-state index in [2.05, 4.69) is 26.2 Å². The number of aryl methyl sites for hydroxylation is 2.